The molecular weight excluding hydrogens is 402 g/mol. The third-order valence-corrected chi connectivity index (χ3v) is 5.01. The number of ether oxygens (including phenoxy) is 2. The highest BCUT2D eigenvalue weighted by molar-refractivity contribution is 9.10. The van der Waals surface area contributed by atoms with Crippen molar-refractivity contribution in [1.82, 2.24) is 4.90 Å². The Hall–Kier alpha value is -1.38. The predicted molar refractivity (Wildman–Crippen MR) is 97.2 cm³/mol. The van der Waals surface area contributed by atoms with Gasteiger partial charge in [-0.05, 0) is 46.6 Å². The Bertz CT molecular complexity index is 690. The van der Waals surface area contributed by atoms with E-state index in [0.29, 0.717) is 26.0 Å². The lowest BCUT2D eigenvalue weighted by Gasteiger charge is -2.09. The molecule has 0 unspecified atom stereocenters. The second-order valence-corrected chi connectivity index (χ2v) is 7.01. The van der Waals surface area contributed by atoms with Crippen molar-refractivity contribution in [3.8, 4) is 5.75 Å². The summed E-state index contributed by atoms with van der Waals surface area (Å²) in [7, 11) is 1.30. The molecule has 2 rings (SSSR count). The number of likely N-dealkylation sites (N-methyl/N-ethyl adjacent to an activating group) is 1. The summed E-state index contributed by atoms with van der Waals surface area (Å²) in [4.78, 5) is 25.4. The lowest BCUT2D eigenvalue weighted by atomic mass is 10.2. The lowest BCUT2D eigenvalue weighted by Crippen LogP contribution is -2.27. The first-order valence-corrected chi connectivity index (χ1v) is 8.72. The van der Waals surface area contributed by atoms with E-state index < -0.39 is 5.97 Å². The van der Waals surface area contributed by atoms with Crippen LogP contribution in [0.3, 0.4) is 0 Å². The third-order valence-electron chi connectivity index (χ3n) is 3.02. The Morgan fingerprint density at radius 3 is 2.78 bits per heavy atom. The van der Waals surface area contributed by atoms with Crippen LogP contribution in [-0.4, -0.2) is 41.4 Å². The quantitative estimate of drug-likeness (QED) is 0.418. The summed E-state index contributed by atoms with van der Waals surface area (Å²) in [5.74, 6) is -0.0116. The lowest BCUT2D eigenvalue weighted by molar-refractivity contribution is -0.142. The Morgan fingerprint density at radius 2 is 2.22 bits per heavy atom. The molecule has 0 spiro atoms. The summed E-state index contributed by atoms with van der Waals surface area (Å²) >= 11 is 9.86. The maximum Gasteiger partial charge on any atom is 0.343 e. The minimum atomic E-state index is -0.454. The number of methoxy groups -OCH3 is 1. The first-order valence-electron chi connectivity index (χ1n) is 6.70. The van der Waals surface area contributed by atoms with E-state index in [0.717, 1.165) is 5.56 Å². The van der Waals surface area contributed by atoms with E-state index in [1.165, 1.54) is 18.9 Å². The number of rotatable bonds is 5. The summed E-state index contributed by atoms with van der Waals surface area (Å²) in [6, 6.07) is 5.33. The third kappa shape index (κ3) is 4.33. The van der Waals surface area contributed by atoms with Crippen LogP contribution in [0.5, 0.6) is 5.75 Å². The highest BCUT2D eigenvalue weighted by Crippen LogP contribution is 2.33. The highest BCUT2D eigenvalue weighted by atomic mass is 79.9. The van der Waals surface area contributed by atoms with Crippen molar-refractivity contribution in [2.75, 3.05) is 20.3 Å². The standard InChI is InChI=1S/C15H14BrNO4S2/c1-3-17-14(19)12(23-15(17)22)7-9-4-5-11(10(16)6-9)21-8-13(18)20-2/h4-7H,3,8H2,1-2H3/b12-7-. The second-order valence-electron chi connectivity index (χ2n) is 4.48. The van der Waals surface area contributed by atoms with Crippen molar-refractivity contribution in [1.29, 1.82) is 0 Å². The fourth-order valence-electron chi connectivity index (χ4n) is 1.84. The van der Waals surface area contributed by atoms with Gasteiger partial charge in [-0.2, -0.15) is 0 Å². The number of halogens is 1. The van der Waals surface area contributed by atoms with Crippen LogP contribution in [0.2, 0.25) is 0 Å². The molecule has 1 amide bonds. The predicted octanol–water partition coefficient (Wildman–Crippen LogP) is 3.22. The smallest absolute Gasteiger partial charge is 0.343 e. The monoisotopic (exact) mass is 415 g/mol. The van der Waals surface area contributed by atoms with Gasteiger partial charge in [0.25, 0.3) is 5.91 Å². The van der Waals surface area contributed by atoms with Gasteiger partial charge in [0.15, 0.2) is 6.61 Å². The van der Waals surface area contributed by atoms with Gasteiger partial charge in [0.05, 0.1) is 16.5 Å². The van der Waals surface area contributed by atoms with E-state index >= 15 is 0 Å². The second kappa shape index (κ2) is 7.94. The van der Waals surface area contributed by atoms with Crippen molar-refractivity contribution >= 4 is 62.2 Å². The molecule has 0 bridgehead atoms. The van der Waals surface area contributed by atoms with Gasteiger partial charge in [-0.3, -0.25) is 9.69 Å². The van der Waals surface area contributed by atoms with E-state index in [-0.39, 0.29) is 12.5 Å². The van der Waals surface area contributed by atoms with Crippen LogP contribution in [0.25, 0.3) is 6.08 Å². The molecule has 0 aromatic heterocycles. The number of carbonyl (C=O) groups is 2. The molecular formula is C15H14BrNO4S2. The van der Waals surface area contributed by atoms with E-state index in [1.54, 1.807) is 23.1 Å². The molecule has 122 valence electrons. The molecule has 1 fully saturated rings. The zero-order valence-corrected chi connectivity index (χ0v) is 15.7. The summed E-state index contributed by atoms with van der Waals surface area (Å²) in [5, 5.41) is 0. The van der Waals surface area contributed by atoms with E-state index in [4.69, 9.17) is 17.0 Å². The maximum atomic E-state index is 12.2. The molecule has 1 saturated heterocycles. The van der Waals surface area contributed by atoms with Gasteiger partial charge in [0.1, 0.15) is 10.1 Å². The SMILES string of the molecule is CCN1C(=O)/C(=C/c2ccc(OCC(=O)OC)c(Br)c2)SC1=S. The number of hydrogen-bond acceptors (Lipinski definition) is 6. The molecule has 1 aliphatic rings. The summed E-state index contributed by atoms with van der Waals surface area (Å²) < 4.78 is 11.1. The first kappa shape index (κ1) is 18.0. The highest BCUT2D eigenvalue weighted by Gasteiger charge is 2.30. The Labute approximate surface area is 152 Å². The number of carbonyl (C=O) groups excluding carboxylic acids is 2. The largest absolute Gasteiger partial charge is 0.481 e. The topological polar surface area (TPSA) is 55.8 Å². The zero-order valence-electron chi connectivity index (χ0n) is 12.5. The van der Waals surface area contributed by atoms with Crippen molar-refractivity contribution < 1.29 is 19.1 Å². The van der Waals surface area contributed by atoms with Crippen LogP contribution in [0.1, 0.15) is 12.5 Å². The molecule has 0 aliphatic carbocycles. The zero-order chi connectivity index (χ0) is 17.0. The molecule has 5 nitrogen and oxygen atoms in total. The maximum absolute atomic E-state index is 12.2. The molecule has 1 aliphatic heterocycles. The average molecular weight is 416 g/mol. The van der Waals surface area contributed by atoms with Crippen LogP contribution in [-0.2, 0) is 14.3 Å². The average Bonchev–Trinajstić information content (AvgIpc) is 2.79. The molecule has 0 atom stereocenters. The van der Waals surface area contributed by atoms with Gasteiger partial charge >= 0.3 is 5.97 Å². The normalized spacial score (nSPS) is 16.1. The van der Waals surface area contributed by atoms with Crippen LogP contribution >= 0.6 is 39.9 Å². The molecule has 23 heavy (non-hydrogen) atoms. The molecule has 8 heteroatoms. The molecule has 1 aromatic rings. The first-order chi connectivity index (χ1) is 11.0. The molecule has 1 aromatic carbocycles. The number of thiocarbonyl (C=S) groups is 1. The van der Waals surface area contributed by atoms with Gasteiger partial charge in [-0.15, -0.1) is 0 Å². The van der Waals surface area contributed by atoms with Crippen LogP contribution in [0.4, 0.5) is 0 Å². The Balaban J connectivity index is 2.15. The Morgan fingerprint density at radius 1 is 1.48 bits per heavy atom. The molecule has 0 radical (unpaired) electrons. The Kier molecular flexibility index (Phi) is 6.20. The number of thioether (sulfide) groups is 1. The van der Waals surface area contributed by atoms with E-state index in [2.05, 4.69) is 20.7 Å². The van der Waals surface area contributed by atoms with Gasteiger partial charge < -0.3 is 9.47 Å². The summed E-state index contributed by atoms with van der Waals surface area (Å²) in [6.07, 6.45) is 1.78. The fourth-order valence-corrected chi connectivity index (χ4v) is 3.74. The van der Waals surface area contributed by atoms with Crippen molar-refractivity contribution in [3.63, 3.8) is 0 Å². The summed E-state index contributed by atoms with van der Waals surface area (Å²) in [5.41, 5.74) is 0.832. The van der Waals surface area contributed by atoms with Crippen LogP contribution in [0.15, 0.2) is 27.6 Å². The minimum absolute atomic E-state index is 0.0790. The van der Waals surface area contributed by atoms with E-state index in [1.807, 2.05) is 13.0 Å². The minimum Gasteiger partial charge on any atom is -0.481 e. The number of amides is 1. The number of benzene rings is 1. The van der Waals surface area contributed by atoms with Gasteiger partial charge in [-0.1, -0.05) is 30.0 Å². The number of hydrogen-bond donors (Lipinski definition) is 0. The number of nitrogens with zero attached hydrogens (tertiary/aromatic N) is 1. The summed E-state index contributed by atoms with van der Waals surface area (Å²) in [6.45, 7) is 2.29. The van der Waals surface area contributed by atoms with Gasteiger partial charge in [0.2, 0.25) is 0 Å². The van der Waals surface area contributed by atoms with Gasteiger partial charge in [0, 0.05) is 6.54 Å². The van der Waals surface area contributed by atoms with E-state index in [9.17, 15) is 9.59 Å². The fraction of sp³-hybridized carbons (Fsp3) is 0.267. The van der Waals surface area contributed by atoms with Crippen LogP contribution in [0, 0.1) is 0 Å². The van der Waals surface area contributed by atoms with Crippen molar-refractivity contribution in [3.05, 3.63) is 33.1 Å². The van der Waals surface area contributed by atoms with Gasteiger partial charge in [-0.25, -0.2) is 4.79 Å². The van der Waals surface area contributed by atoms with Crippen LogP contribution < -0.4 is 4.74 Å². The van der Waals surface area contributed by atoms with Crippen molar-refractivity contribution in [2.45, 2.75) is 6.92 Å². The van der Waals surface area contributed by atoms with Crippen molar-refractivity contribution in [2.24, 2.45) is 0 Å². The molecule has 0 N–H and O–H groups in total. The molecule has 1 heterocycles. The molecule has 0 saturated carbocycles. The number of esters is 1.